The van der Waals surface area contributed by atoms with Gasteiger partial charge in [-0.05, 0) is 32.9 Å². The molecule has 0 fully saturated rings. The molecule has 2 heterocycles. The number of aryl methyl sites for hydroxylation is 2. The first kappa shape index (κ1) is 10.8. The van der Waals surface area contributed by atoms with Crippen molar-refractivity contribution in [3.63, 3.8) is 0 Å². The highest BCUT2D eigenvalue weighted by molar-refractivity contribution is 5.55. The molecular weight excluding hydrogens is 206 g/mol. The van der Waals surface area contributed by atoms with E-state index < -0.39 is 6.10 Å². The van der Waals surface area contributed by atoms with Crippen LogP contribution in [0.5, 0.6) is 0 Å². The lowest BCUT2D eigenvalue weighted by atomic mass is 10.2. The highest BCUT2D eigenvalue weighted by Gasteiger charge is 2.13. The van der Waals surface area contributed by atoms with Gasteiger partial charge in [-0.3, -0.25) is 4.98 Å². The SMILES string of the molecule is Cc1cc(-c2noc([C@H](C)O)n2)cc(C)n1. The smallest absolute Gasteiger partial charge is 0.255 e. The van der Waals surface area contributed by atoms with Crippen molar-refractivity contribution in [2.75, 3.05) is 0 Å². The fourth-order valence-electron chi connectivity index (χ4n) is 1.49. The van der Waals surface area contributed by atoms with Crippen LogP contribution in [0.4, 0.5) is 0 Å². The van der Waals surface area contributed by atoms with E-state index in [1.54, 1.807) is 6.92 Å². The summed E-state index contributed by atoms with van der Waals surface area (Å²) in [6.45, 7) is 5.40. The van der Waals surface area contributed by atoms with Gasteiger partial charge in [0.15, 0.2) is 0 Å². The van der Waals surface area contributed by atoms with Crippen LogP contribution in [0.1, 0.15) is 30.3 Å². The molecule has 1 atom stereocenters. The van der Waals surface area contributed by atoms with E-state index in [1.165, 1.54) is 0 Å². The van der Waals surface area contributed by atoms with Crippen molar-refractivity contribution in [1.82, 2.24) is 15.1 Å². The van der Waals surface area contributed by atoms with E-state index in [1.807, 2.05) is 26.0 Å². The van der Waals surface area contributed by atoms with Gasteiger partial charge in [-0.25, -0.2) is 0 Å². The van der Waals surface area contributed by atoms with E-state index in [4.69, 9.17) is 4.52 Å². The van der Waals surface area contributed by atoms with Crippen LogP contribution in [-0.2, 0) is 0 Å². The quantitative estimate of drug-likeness (QED) is 0.833. The maximum absolute atomic E-state index is 9.28. The van der Waals surface area contributed by atoms with E-state index in [9.17, 15) is 5.11 Å². The molecule has 2 aromatic rings. The summed E-state index contributed by atoms with van der Waals surface area (Å²) >= 11 is 0. The van der Waals surface area contributed by atoms with Crippen molar-refractivity contribution in [2.24, 2.45) is 0 Å². The Labute approximate surface area is 93.1 Å². The zero-order valence-electron chi connectivity index (χ0n) is 9.43. The summed E-state index contributed by atoms with van der Waals surface area (Å²) in [5.41, 5.74) is 2.65. The Kier molecular flexibility index (Phi) is 2.70. The van der Waals surface area contributed by atoms with Crippen molar-refractivity contribution in [3.05, 3.63) is 29.4 Å². The van der Waals surface area contributed by atoms with E-state index >= 15 is 0 Å². The minimum atomic E-state index is -0.745. The molecule has 0 amide bonds. The molecule has 5 heteroatoms. The van der Waals surface area contributed by atoms with Crippen molar-refractivity contribution >= 4 is 0 Å². The molecule has 84 valence electrons. The van der Waals surface area contributed by atoms with Gasteiger partial charge in [0.25, 0.3) is 5.89 Å². The maximum atomic E-state index is 9.28. The number of aliphatic hydroxyl groups excluding tert-OH is 1. The predicted octanol–water partition coefficient (Wildman–Crippen LogP) is 1.80. The van der Waals surface area contributed by atoms with Gasteiger partial charge in [0.05, 0.1) is 0 Å². The lowest BCUT2D eigenvalue weighted by molar-refractivity contribution is 0.152. The summed E-state index contributed by atoms with van der Waals surface area (Å²) in [5, 5.41) is 13.1. The molecule has 0 radical (unpaired) electrons. The number of rotatable bonds is 2. The molecule has 0 unspecified atom stereocenters. The molecule has 16 heavy (non-hydrogen) atoms. The number of aromatic nitrogens is 3. The summed E-state index contributed by atoms with van der Waals surface area (Å²) in [7, 11) is 0. The van der Waals surface area contributed by atoms with Crippen LogP contribution in [-0.4, -0.2) is 20.2 Å². The normalized spacial score (nSPS) is 12.8. The lowest BCUT2D eigenvalue weighted by Crippen LogP contribution is -1.92. The van der Waals surface area contributed by atoms with Gasteiger partial charge >= 0.3 is 0 Å². The molecule has 2 aromatic heterocycles. The van der Waals surface area contributed by atoms with E-state index in [2.05, 4.69) is 15.1 Å². The second-order valence-corrected chi connectivity index (χ2v) is 3.77. The summed E-state index contributed by atoms with van der Waals surface area (Å²) in [5.74, 6) is 0.701. The standard InChI is InChI=1S/C11H13N3O2/c1-6-4-9(5-7(2)12-6)10-13-11(8(3)15)16-14-10/h4-5,8,15H,1-3H3/t8-/m0/s1. The van der Waals surface area contributed by atoms with Gasteiger partial charge in [0.2, 0.25) is 5.82 Å². The second-order valence-electron chi connectivity index (χ2n) is 3.77. The van der Waals surface area contributed by atoms with Crippen LogP contribution in [0.3, 0.4) is 0 Å². The zero-order chi connectivity index (χ0) is 11.7. The molecule has 1 N–H and O–H groups in total. The van der Waals surface area contributed by atoms with Crippen LogP contribution in [0.2, 0.25) is 0 Å². The Balaban J connectivity index is 2.42. The van der Waals surface area contributed by atoms with E-state index in [0.29, 0.717) is 5.82 Å². The predicted molar refractivity (Wildman–Crippen MR) is 57.6 cm³/mol. The molecule has 0 aromatic carbocycles. The van der Waals surface area contributed by atoms with Gasteiger partial charge in [0.1, 0.15) is 6.10 Å². The Bertz CT molecular complexity index is 485. The molecule has 0 saturated carbocycles. The number of hydrogen-bond donors (Lipinski definition) is 1. The first-order valence-electron chi connectivity index (χ1n) is 5.03. The van der Waals surface area contributed by atoms with Gasteiger partial charge in [-0.1, -0.05) is 5.16 Å². The minimum absolute atomic E-state index is 0.224. The molecular formula is C11H13N3O2. The summed E-state index contributed by atoms with van der Waals surface area (Å²) in [6.07, 6.45) is -0.745. The van der Waals surface area contributed by atoms with Crippen LogP contribution < -0.4 is 0 Å². The van der Waals surface area contributed by atoms with Crippen LogP contribution in [0, 0.1) is 13.8 Å². The van der Waals surface area contributed by atoms with Crippen LogP contribution in [0.15, 0.2) is 16.7 Å². The Hall–Kier alpha value is -1.75. The largest absolute Gasteiger partial charge is 0.384 e. The zero-order valence-corrected chi connectivity index (χ0v) is 9.43. The number of aliphatic hydroxyl groups is 1. The monoisotopic (exact) mass is 219 g/mol. The van der Waals surface area contributed by atoms with Crippen molar-refractivity contribution in [1.29, 1.82) is 0 Å². The topological polar surface area (TPSA) is 72.0 Å². The average molecular weight is 219 g/mol. The maximum Gasteiger partial charge on any atom is 0.255 e. The third-order valence-electron chi connectivity index (χ3n) is 2.14. The van der Waals surface area contributed by atoms with Crippen LogP contribution >= 0.6 is 0 Å². The molecule has 0 aliphatic rings. The molecule has 0 saturated heterocycles. The second kappa shape index (κ2) is 4.02. The van der Waals surface area contributed by atoms with Crippen molar-refractivity contribution in [2.45, 2.75) is 26.9 Å². The highest BCUT2D eigenvalue weighted by atomic mass is 16.5. The summed E-state index contributed by atoms with van der Waals surface area (Å²) in [4.78, 5) is 8.37. The average Bonchev–Trinajstić information content (AvgIpc) is 2.64. The molecule has 2 rings (SSSR count). The molecule has 0 aliphatic heterocycles. The van der Waals surface area contributed by atoms with Gasteiger partial charge in [-0.2, -0.15) is 4.98 Å². The lowest BCUT2D eigenvalue weighted by Gasteiger charge is -1.99. The first-order valence-corrected chi connectivity index (χ1v) is 5.03. The third-order valence-corrected chi connectivity index (χ3v) is 2.14. The van der Waals surface area contributed by atoms with Crippen molar-refractivity contribution < 1.29 is 9.63 Å². The van der Waals surface area contributed by atoms with Gasteiger partial charge in [0, 0.05) is 17.0 Å². The van der Waals surface area contributed by atoms with Crippen molar-refractivity contribution in [3.8, 4) is 11.4 Å². The molecule has 0 bridgehead atoms. The van der Waals surface area contributed by atoms with Crippen LogP contribution in [0.25, 0.3) is 11.4 Å². The molecule has 5 nitrogen and oxygen atoms in total. The molecule has 0 spiro atoms. The molecule has 0 aliphatic carbocycles. The van der Waals surface area contributed by atoms with E-state index in [-0.39, 0.29) is 5.89 Å². The number of hydrogen-bond acceptors (Lipinski definition) is 5. The number of pyridine rings is 1. The Morgan fingerprint density at radius 2 is 1.81 bits per heavy atom. The van der Waals surface area contributed by atoms with Gasteiger partial charge < -0.3 is 9.63 Å². The Morgan fingerprint density at radius 1 is 1.19 bits per heavy atom. The first-order chi connectivity index (χ1) is 7.56. The Morgan fingerprint density at radius 3 is 2.31 bits per heavy atom. The fraction of sp³-hybridized carbons (Fsp3) is 0.364. The van der Waals surface area contributed by atoms with Gasteiger partial charge in [-0.15, -0.1) is 0 Å². The number of nitrogens with zero attached hydrogens (tertiary/aromatic N) is 3. The third kappa shape index (κ3) is 2.09. The fourth-order valence-corrected chi connectivity index (χ4v) is 1.49. The van der Waals surface area contributed by atoms with E-state index in [0.717, 1.165) is 17.0 Å². The minimum Gasteiger partial charge on any atom is -0.384 e. The highest BCUT2D eigenvalue weighted by Crippen LogP contribution is 2.19. The summed E-state index contributed by atoms with van der Waals surface area (Å²) < 4.78 is 4.93. The summed E-state index contributed by atoms with van der Waals surface area (Å²) in [6, 6.07) is 3.76.